The Morgan fingerprint density at radius 1 is 1.53 bits per heavy atom. The first-order valence-electron chi connectivity index (χ1n) is 5.89. The third-order valence-electron chi connectivity index (χ3n) is 2.36. The average molecular weight is 263 g/mol. The van der Waals surface area contributed by atoms with E-state index in [1.54, 1.807) is 37.3 Å². The highest BCUT2D eigenvalue weighted by molar-refractivity contribution is 5.80. The smallest absolute Gasteiger partial charge is 0.307 e. The highest BCUT2D eigenvalue weighted by Gasteiger charge is 2.13. The number of rotatable bonds is 7. The third kappa shape index (κ3) is 5.25. The van der Waals surface area contributed by atoms with Gasteiger partial charge in [-0.05, 0) is 24.6 Å². The Kier molecular flexibility index (Phi) is 5.60. The molecule has 0 saturated heterocycles. The van der Waals surface area contributed by atoms with Gasteiger partial charge in [0.2, 0.25) is 0 Å². The molecular formula is C14H17NO4. The van der Waals surface area contributed by atoms with Gasteiger partial charge in [-0.15, -0.1) is 6.58 Å². The molecule has 0 radical (unpaired) electrons. The number of carboxylic acids is 1. The van der Waals surface area contributed by atoms with Gasteiger partial charge in [0.25, 0.3) is 5.91 Å². The number of carbonyl (C=O) groups is 2. The first-order valence-corrected chi connectivity index (χ1v) is 5.89. The molecule has 0 fully saturated rings. The molecule has 1 amide bonds. The molecular weight excluding hydrogens is 246 g/mol. The fourth-order valence-corrected chi connectivity index (χ4v) is 1.48. The molecule has 0 bridgehead atoms. The zero-order valence-corrected chi connectivity index (χ0v) is 10.8. The zero-order chi connectivity index (χ0) is 14.3. The van der Waals surface area contributed by atoms with Crippen LogP contribution in [0.15, 0.2) is 36.9 Å². The van der Waals surface area contributed by atoms with Crippen LogP contribution in [0.25, 0.3) is 0 Å². The van der Waals surface area contributed by atoms with Crippen LogP contribution in [0.2, 0.25) is 0 Å². The number of ether oxygens (including phenoxy) is 1. The van der Waals surface area contributed by atoms with Crippen molar-refractivity contribution < 1.29 is 19.4 Å². The van der Waals surface area contributed by atoms with Crippen LogP contribution in [0.4, 0.5) is 0 Å². The Morgan fingerprint density at radius 2 is 2.26 bits per heavy atom. The van der Waals surface area contributed by atoms with Crippen molar-refractivity contribution in [3.8, 4) is 5.75 Å². The first-order chi connectivity index (χ1) is 9.02. The molecule has 2 N–H and O–H groups in total. The van der Waals surface area contributed by atoms with Gasteiger partial charge in [-0.1, -0.05) is 18.2 Å². The first kappa shape index (κ1) is 14.8. The minimum Gasteiger partial charge on any atom is -0.481 e. The van der Waals surface area contributed by atoms with Crippen LogP contribution >= 0.6 is 0 Å². The van der Waals surface area contributed by atoms with Crippen LogP contribution < -0.4 is 10.1 Å². The van der Waals surface area contributed by atoms with Gasteiger partial charge in [0, 0.05) is 6.54 Å². The summed E-state index contributed by atoms with van der Waals surface area (Å²) in [5, 5.41) is 11.3. The number of hydrogen-bond donors (Lipinski definition) is 2. The largest absolute Gasteiger partial charge is 0.481 e. The summed E-state index contributed by atoms with van der Waals surface area (Å²) in [4.78, 5) is 22.2. The zero-order valence-electron chi connectivity index (χ0n) is 10.8. The molecule has 1 atom stereocenters. The van der Waals surface area contributed by atoms with Gasteiger partial charge in [-0.3, -0.25) is 9.59 Å². The Labute approximate surface area is 111 Å². The van der Waals surface area contributed by atoms with E-state index in [1.165, 1.54) is 0 Å². The minimum absolute atomic E-state index is 0.0752. The molecule has 0 spiro atoms. The number of aliphatic carboxylic acids is 1. The van der Waals surface area contributed by atoms with Crippen LogP contribution in [-0.2, 0) is 16.0 Å². The van der Waals surface area contributed by atoms with Crippen LogP contribution in [0.3, 0.4) is 0 Å². The van der Waals surface area contributed by atoms with Gasteiger partial charge in [0.1, 0.15) is 5.75 Å². The molecule has 1 unspecified atom stereocenters. The lowest BCUT2D eigenvalue weighted by Gasteiger charge is -2.14. The molecule has 0 aliphatic heterocycles. The van der Waals surface area contributed by atoms with Gasteiger partial charge < -0.3 is 15.2 Å². The third-order valence-corrected chi connectivity index (χ3v) is 2.36. The fourth-order valence-electron chi connectivity index (χ4n) is 1.48. The van der Waals surface area contributed by atoms with Crippen molar-refractivity contribution >= 4 is 11.9 Å². The summed E-state index contributed by atoms with van der Waals surface area (Å²) in [6.45, 7) is 5.51. The molecule has 5 nitrogen and oxygen atoms in total. The van der Waals surface area contributed by atoms with Gasteiger partial charge in [0.05, 0.1) is 6.42 Å². The normalized spacial score (nSPS) is 11.4. The predicted molar refractivity (Wildman–Crippen MR) is 71.1 cm³/mol. The average Bonchev–Trinajstić information content (AvgIpc) is 2.35. The maximum atomic E-state index is 11.6. The number of amides is 1. The standard InChI is InChI=1S/C14H17NO4/c1-3-7-15-14(18)10(2)19-12-6-4-5-11(8-12)9-13(16)17/h3-6,8,10H,1,7,9H2,2H3,(H,15,18)(H,16,17). The van der Waals surface area contributed by atoms with Crippen LogP contribution in [0, 0.1) is 0 Å². The lowest BCUT2D eigenvalue weighted by atomic mass is 10.1. The summed E-state index contributed by atoms with van der Waals surface area (Å²) in [5.41, 5.74) is 0.628. The van der Waals surface area contributed by atoms with E-state index in [4.69, 9.17) is 9.84 Å². The molecule has 1 aromatic carbocycles. The second-order valence-electron chi connectivity index (χ2n) is 4.01. The number of benzene rings is 1. The van der Waals surface area contributed by atoms with Gasteiger partial charge in [-0.25, -0.2) is 0 Å². The van der Waals surface area contributed by atoms with Crippen molar-refractivity contribution in [1.29, 1.82) is 0 Å². The summed E-state index contributed by atoms with van der Waals surface area (Å²) in [5.74, 6) is -0.683. The van der Waals surface area contributed by atoms with Crippen molar-refractivity contribution in [1.82, 2.24) is 5.32 Å². The van der Waals surface area contributed by atoms with E-state index in [0.717, 1.165) is 0 Å². The number of nitrogens with one attached hydrogen (secondary N) is 1. The maximum absolute atomic E-state index is 11.6. The van der Waals surface area contributed by atoms with Crippen LogP contribution in [-0.4, -0.2) is 29.6 Å². The van der Waals surface area contributed by atoms with E-state index >= 15 is 0 Å². The van der Waals surface area contributed by atoms with Gasteiger partial charge >= 0.3 is 5.97 Å². The molecule has 1 rings (SSSR count). The lowest BCUT2D eigenvalue weighted by molar-refractivity contribution is -0.136. The van der Waals surface area contributed by atoms with Crippen molar-refractivity contribution in [2.24, 2.45) is 0 Å². The van der Waals surface area contributed by atoms with E-state index in [-0.39, 0.29) is 12.3 Å². The second-order valence-corrected chi connectivity index (χ2v) is 4.01. The van der Waals surface area contributed by atoms with Crippen molar-refractivity contribution in [3.63, 3.8) is 0 Å². The van der Waals surface area contributed by atoms with E-state index in [2.05, 4.69) is 11.9 Å². The minimum atomic E-state index is -0.908. The van der Waals surface area contributed by atoms with E-state index in [0.29, 0.717) is 17.9 Å². The quantitative estimate of drug-likeness (QED) is 0.729. The van der Waals surface area contributed by atoms with Crippen molar-refractivity contribution in [2.75, 3.05) is 6.54 Å². The van der Waals surface area contributed by atoms with Crippen molar-refractivity contribution in [2.45, 2.75) is 19.4 Å². The summed E-state index contributed by atoms with van der Waals surface area (Å²) in [6, 6.07) is 6.69. The Bertz CT molecular complexity index is 470. The molecule has 102 valence electrons. The van der Waals surface area contributed by atoms with Crippen LogP contribution in [0.1, 0.15) is 12.5 Å². The molecule has 1 aromatic rings. The molecule has 19 heavy (non-hydrogen) atoms. The molecule has 0 aliphatic rings. The monoisotopic (exact) mass is 263 g/mol. The molecule has 0 heterocycles. The Balaban J connectivity index is 2.63. The summed E-state index contributed by atoms with van der Waals surface area (Å²) in [6.07, 6.45) is 0.854. The van der Waals surface area contributed by atoms with E-state index in [9.17, 15) is 9.59 Å². The van der Waals surface area contributed by atoms with Crippen LogP contribution in [0.5, 0.6) is 5.75 Å². The number of hydrogen-bond acceptors (Lipinski definition) is 3. The molecule has 5 heteroatoms. The van der Waals surface area contributed by atoms with Crippen molar-refractivity contribution in [3.05, 3.63) is 42.5 Å². The maximum Gasteiger partial charge on any atom is 0.307 e. The Morgan fingerprint density at radius 3 is 2.89 bits per heavy atom. The highest BCUT2D eigenvalue weighted by Crippen LogP contribution is 2.15. The lowest BCUT2D eigenvalue weighted by Crippen LogP contribution is -2.36. The highest BCUT2D eigenvalue weighted by atomic mass is 16.5. The fraction of sp³-hybridized carbons (Fsp3) is 0.286. The number of carbonyl (C=O) groups excluding carboxylic acids is 1. The molecule has 0 aliphatic carbocycles. The van der Waals surface area contributed by atoms with E-state index < -0.39 is 12.1 Å². The molecule has 0 aromatic heterocycles. The summed E-state index contributed by atoms with van der Waals surface area (Å²) >= 11 is 0. The summed E-state index contributed by atoms with van der Waals surface area (Å²) in [7, 11) is 0. The topological polar surface area (TPSA) is 75.6 Å². The van der Waals surface area contributed by atoms with E-state index in [1.807, 2.05) is 0 Å². The summed E-state index contributed by atoms with van der Waals surface area (Å²) < 4.78 is 5.46. The second kappa shape index (κ2) is 7.20. The molecule has 0 saturated carbocycles. The van der Waals surface area contributed by atoms with Gasteiger partial charge in [-0.2, -0.15) is 0 Å². The van der Waals surface area contributed by atoms with Gasteiger partial charge in [0.15, 0.2) is 6.10 Å². The number of carboxylic acid groups (broad SMARTS) is 1. The Hall–Kier alpha value is -2.30. The SMILES string of the molecule is C=CCNC(=O)C(C)Oc1cccc(CC(=O)O)c1. The predicted octanol–water partition coefficient (Wildman–Crippen LogP) is 1.38.